The lowest BCUT2D eigenvalue weighted by molar-refractivity contribution is -0.380. The average molecular weight is 270 g/mol. The van der Waals surface area contributed by atoms with Crippen molar-refractivity contribution in [3.8, 4) is 0 Å². The molecule has 1 saturated heterocycles. The van der Waals surface area contributed by atoms with Crippen LogP contribution >= 0.6 is 11.3 Å². The molecule has 0 unspecified atom stereocenters. The van der Waals surface area contributed by atoms with Crippen molar-refractivity contribution in [1.29, 1.82) is 0 Å². The first-order chi connectivity index (χ1) is 8.52. The Morgan fingerprint density at radius 2 is 2.39 bits per heavy atom. The molecule has 0 aliphatic carbocycles. The third-order valence-electron chi connectivity index (χ3n) is 3.23. The zero-order chi connectivity index (χ0) is 13.3. The molecule has 1 amide bonds. The highest BCUT2D eigenvalue weighted by Gasteiger charge is 2.33. The van der Waals surface area contributed by atoms with E-state index in [1.807, 2.05) is 6.92 Å². The third-order valence-corrected chi connectivity index (χ3v) is 4.11. The number of hydrogen-bond donors (Lipinski definition) is 1. The molecule has 1 aromatic rings. The first kappa shape index (κ1) is 13.0. The van der Waals surface area contributed by atoms with Crippen LogP contribution in [-0.4, -0.2) is 40.0 Å². The van der Waals surface area contributed by atoms with Gasteiger partial charge in [0, 0.05) is 30.5 Å². The highest BCUT2D eigenvalue weighted by molar-refractivity contribution is 7.13. The number of nitro groups is 1. The standard InChI is InChI=1S/C11H14N2O4S/c1-2-7-4-12(5-9(7)14)11(15)8-3-10(13(16)17)18-6-8/h3,6-7,9,14H,2,4-5H2,1H3/t7-,9+/m0/s1. The molecule has 1 aromatic heterocycles. The highest BCUT2D eigenvalue weighted by atomic mass is 32.1. The fourth-order valence-electron chi connectivity index (χ4n) is 2.14. The second kappa shape index (κ2) is 5.03. The van der Waals surface area contributed by atoms with E-state index >= 15 is 0 Å². The Hall–Kier alpha value is -1.47. The van der Waals surface area contributed by atoms with Crippen molar-refractivity contribution in [2.75, 3.05) is 13.1 Å². The molecule has 2 atom stereocenters. The number of aliphatic hydroxyl groups excluding tert-OH is 1. The normalized spacial score (nSPS) is 23.3. The SMILES string of the molecule is CC[C@H]1CN(C(=O)c2csc([N+](=O)[O-])c2)C[C@H]1O. The predicted molar refractivity (Wildman–Crippen MR) is 66.7 cm³/mol. The zero-order valence-electron chi connectivity index (χ0n) is 9.91. The van der Waals surface area contributed by atoms with Crippen LogP contribution in [0.1, 0.15) is 23.7 Å². The number of amides is 1. The fraction of sp³-hybridized carbons (Fsp3) is 0.545. The number of carbonyl (C=O) groups excluding carboxylic acids is 1. The van der Waals surface area contributed by atoms with Gasteiger partial charge in [-0.05, 0) is 6.42 Å². The summed E-state index contributed by atoms with van der Waals surface area (Å²) in [6, 6.07) is 1.29. The Morgan fingerprint density at radius 3 is 2.89 bits per heavy atom. The number of carbonyl (C=O) groups is 1. The minimum atomic E-state index is -0.505. The summed E-state index contributed by atoms with van der Waals surface area (Å²) >= 11 is 0.943. The predicted octanol–water partition coefficient (Wildman–Crippen LogP) is 1.50. The van der Waals surface area contributed by atoms with Gasteiger partial charge >= 0.3 is 5.00 Å². The summed E-state index contributed by atoms with van der Waals surface area (Å²) in [6.45, 7) is 2.79. The summed E-state index contributed by atoms with van der Waals surface area (Å²) in [4.78, 5) is 23.7. The molecule has 0 saturated carbocycles. The maximum atomic E-state index is 12.1. The monoisotopic (exact) mass is 270 g/mol. The Bertz CT molecular complexity index is 473. The smallest absolute Gasteiger partial charge is 0.324 e. The molecule has 1 aliphatic rings. The van der Waals surface area contributed by atoms with Gasteiger partial charge in [0.1, 0.15) is 0 Å². The number of likely N-dealkylation sites (tertiary alicyclic amines) is 1. The molecule has 0 aromatic carbocycles. The van der Waals surface area contributed by atoms with Crippen LogP contribution in [0.15, 0.2) is 11.4 Å². The first-order valence-corrected chi connectivity index (χ1v) is 6.61. The maximum absolute atomic E-state index is 12.1. The molecule has 0 bridgehead atoms. The van der Waals surface area contributed by atoms with Crippen molar-refractivity contribution < 1.29 is 14.8 Å². The van der Waals surface area contributed by atoms with Gasteiger partial charge in [-0.25, -0.2) is 0 Å². The molecule has 2 heterocycles. The van der Waals surface area contributed by atoms with E-state index in [4.69, 9.17) is 0 Å². The van der Waals surface area contributed by atoms with Crippen molar-refractivity contribution in [2.45, 2.75) is 19.4 Å². The fourth-order valence-corrected chi connectivity index (χ4v) is 2.83. The lowest BCUT2D eigenvalue weighted by Crippen LogP contribution is -2.29. The molecule has 1 N–H and O–H groups in total. The number of aliphatic hydroxyl groups is 1. The summed E-state index contributed by atoms with van der Waals surface area (Å²) in [5.74, 6) is -0.142. The van der Waals surface area contributed by atoms with Crippen molar-refractivity contribution in [3.05, 3.63) is 27.1 Å². The summed E-state index contributed by atoms with van der Waals surface area (Å²) < 4.78 is 0. The molecular weight excluding hydrogens is 256 g/mol. The van der Waals surface area contributed by atoms with Gasteiger partial charge in [-0.1, -0.05) is 18.3 Å². The van der Waals surface area contributed by atoms with Crippen LogP contribution in [0, 0.1) is 16.0 Å². The quantitative estimate of drug-likeness (QED) is 0.666. The van der Waals surface area contributed by atoms with E-state index in [1.54, 1.807) is 4.90 Å². The van der Waals surface area contributed by atoms with Crippen LogP contribution in [0.5, 0.6) is 0 Å². The van der Waals surface area contributed by atoms with Crippen LogP contribution in [-0.2, 0) is 0 Å². The van der Waals surface area contributed by atoms with Crippen molar-refractivity contribution in [1.82, 2.24) is 4.90 Å². The van der Waals surface area contributed by atoms with E-state index in [0.29, 0.717) is 18.7 Å². The van der Waals surface area contributed by atoms with E-state index < -0.39 is 11.0 Å². The number of rotatable bonds is 3. The molecule has 6 nitrogen and oxygen atoms in total. The molecule has 0 radical (unpaired) electrons. The Balaban J connectivity index is 2.10. The minimum absolute atomic E-state index is 0.0369. The lowest BCUT2D eigenvalue weighted by atomic mass is 10.0. The van der Waals surface area contributed by atoms with Gasteiger partial charge in [-0.15, -0.1) is 0 Å². The van der Waals surface area contributed by atoms with E-state index in [1.165, 1.54) is 11.4 Å². The van der Waals surface area contributed by atoms with Gasteiger partial charge in [0.05, 0.1) is 16.6 Å². The highest BCUT2D eigenvalue weighted by Crippen LogP contribution is 2.26. The van der Waals surface area contributed by atoms with E-state index in [2.05, 4.69) is 0 Å². The van der Waals surface area contributed by atoms with Gasteiger partial charge in [0.2, 0.25) is 0 Å². The lowest BCUT2D eigenvalue weighted by Gasteiger charge is -2.14. The molecule has 0 spiro atoms. The van der Waals surface area contributed by atoms with Gasteiger partial charge < -0.3 is 10.0 Å². The summed E-state index contributed by atoms with van der Waals surface area (Å²) in [6.07, 6.45) is 0.321. The summed E-state index contributed by atoms with van der Waals surface area (Å²) in [5.41, 5.74) is 0.329. The number of hydrogen-bond acceptors (Lipinski definition) is 5. The molecule has 1 fully saturated rings. The topological polar surface area (TPSA) is 83.7 Å². The number of thiophene rings is 1. The van der Waals surface area contributed by atoms with Crippen molar-refractivity contribution >= 4 is 22.2 Å². The van der Waals surface area contributed by atoms with Gasteiger partial charge in [-0.3, -0.25) is 14.9 Å². The second-order valence-corrected chi connectivity index (χ2v) is 5.27. The summed E-state index contributed by atoms with van der Waals surface area (Å²) in [5, 5.41) is 21.8. The van der Waals surface area contributed by atoms with Gasteiger partial charge in [-0.2, -0.15) is 0 Å². The Morgan fingerprint density at radius 1 is 1.67 bits per heavy atom. The van der Waals surface area contributed by atoms with E-state index in [0.717, 1.165) is 17.8 Å². The molecule has 2 rings (SSSR count). The number of β-amino-alcohol motifs (C(OH)–C–C–N with tert-alkyl or cyclic N) is 1. The van der Waals surface area contributed by atoms with Crippen LogP contribution < -0.4 is 0 Å². The maximum Gasteiger partial charge on any atom is 0.324 e. The van der Waals surface area contributed by atoms with Crippen LogP contribution in [0.25, 0.3) is 0 Å². The Kier molecular flexibility index (Phi) is 3.63. The first-order valence-electron chi connectivity index (χ1n) is 5.73. The van der Waals surface area contributed by atoms with E-state index in [-0.39, 0.29) is 16.8 Å². The molecular formula is C11H14N2O4S. The molecule has 18 heavy (non-hydrogen) atoms. The van der Waals surface area contributed by atoms with Crippen molar-refractivity contribution in [3.63, 3.8) is 0 Å². The van der Waals surface area contributed by atoms with Crippen LogP contribution in [0.4, 0.5) is 5.00 Å². The zero-order valence-corrected chi connectivity index (χ0v) is 10.7. The minimum Gasteiger partial charge on any atom is -0.391 e. The second-order valence-electron chi connectivity index (χ2n) is 4.38. The average Bonchev–Trinajstić information content (AvgIpc) is 2.94. The van der Waals surface area contributed by atoms with Crippen LogP contribution in [0.3, 0.4) is 0 Å². The molecule has 1 aliphatic heterocycles. The Labute approximate surface area is 108 Å². The van der Waals surface area contributed by atoms with E-state index in [9.17, 15) is 20.0 Å². The van der Waals surface area contributed by atoms with Gasteiger partial charge in [0.15, 0.2) is 0 Å². The van der Waals surface area contributed by atoms with Crippen LogP contribution in [0.2, 0.25) is 0 Å². The van der Waals surface area contributed by atoms with Gasteiger partial charge in [0.25, 0.3) is 5.91 Å². The summed E-state index contributed by atoms with van der Waals surface area (Å²) in [7, 11) is 0. The third kappa shape index (κ3) is 2.37. The number of nitrogens with zero attached hydrogens (tertiary/aromatic N) is 2. The van der Waals surface area contributed by atoms with Crippen molar-refractivity contribution in [2.24, 2.45) is 5.92 Å². The molecule has 98 valence electrons. The largest absolute Gasteiger partial charge is 0.391 e. The molecule has 7 heteroatoms.